The second kappa shape index (κ2) is 12.9. The number of carbonyl (C=O) groups is 2. The molecule has 4 atom stereocenters. The average molecular weight is 514 g/mol. The van der Waals surface area contributed by atoms with E-state index in [-0.39, 0.29) is 47.2 Å². The molecule has 0 aromatic carbocycles. The van der Waals surface area contributed by atoms with Crippen molar-refractivity contribution in [3.8, 4) is 0 Å². The predicted octanol–water partition coefficient (Wildman–Crippen LogP) is 4.53. The van der Waals surface area contributed by atoms with Gasteiger partial charge in [-0.05, 0) is 65.4 Å². The zero-order valence-electron chi connectivity index (χ0n) is 20.4. The first-order chi connectivity index (χ1) is 16.2. The third kappa shape index (κ3) is 7.99. The van der Waals surface area contributed by atoms with Crippen LogP contribution in [-0.2, 0) is 19.1 Å². The van der Waals surface area contributed by atoms with Crippen LogP contribution in [0.4, 0.5) is 0 Å². The number of guanidine groups is 1. The Bertz CT molecular complexity index is 827. The van der Waals surface area contributed by atoms with Gasteiger partial charge in [-0.3, -0.25) is 14.9 Å². The summed E-state index contributed by atoms with van der Waals surface area (Å²) in [5, 5.41) is 2.92. The number of allylic oxidation sites excluding steroid dienone is 2. The van der Waals surface area contributed by atoms with Gasteiger partial charge in [-0.25, -0.2) is 4.99 Å². The van der Waals surface area contributed by atoms with Crippen LogP contribution in [0.15, 0.2) is 28.4 Å². The summed E-state index contributed by atoms with van der Waals surface area (Å²) >= 11 is 12.8. The first kappa shape index (κ1) is 27.0. The van der Waals surface area contributed by atoms with Crippen LogP contribution in [-0.4, -0.2) is 65.4 Å². The molecule has 1 amide bonds. The molecule has 0 aromatic heterocycles. The van der Waals surface area contributed by atoms with Crippen molar-refractivity contribution in [3.05, 3.63) is 23.4 Å². The molecular formula is C25H37Cl2N3O4. The van der Waals surface area contributed by atoms with E-state index in [1.807, 2.05) is 19.9 Å². The fourth-order valence-electron chi connectivity index (χ4n) is 4.50. The van der Waals surface area contributed by atoms with Gasteiger partial charge in [0.15, 0.2) is 0 Å². The van der Waals surface area contributed by atoms with Crippen LogP contribution in [0.25, 0.3) is 0 Å². The Kier molecular flexibility index (Phi) is 10.3. The Morgan fingerprint density at radius 1 is 1.29 bits per heavy atom. The number of amides is 1. The number of nitrogens with zero attached hydrogens (tertiary/aromatic N) is 2. The van der Waals surface area contributed by atoms with Crippen molar-refractivity contribution in [2.45, 2.75) is 88.7 Å². The molecule has 1 aliphatic heterocycles. The molecule has 3 aliphatic rings. The van der Waals surface area contributed by atoms with E-state index in [4.69, 9.17) is 37.7 Å². The van der Waals surface area contributed by atoms with Gasteiger partial charge in [0, 0.05) is 30.6 Å². The highest BCUT2D eigenvalue weighted by molar-refractivity contribution is 6.22. The number of rotatable bonds is 9. The molecule has 2 aliphatic carbocycles. The molecule has 1 fully saturated rings. The summed E-state index contributed by atoms with van der Waals surface area (Å²) in [6.45, 7) is 7.31. The Morgan fingerprint density at radius 2 is 2.09 bits per heavy atom. The quantitative estimate of drug-likeness (QED) is 0.278. The van der Waals surface area contributed by atoms with Gasteiger partial charge < -0.3 is 14.4 Å². The SMILES string of the molecule is CCOC(=O)CCC1CN(CC2=CCC(Cl)CC2)C(=NC2=CC(Cl)C(OC(C)C)CC2)NC1=O. The molecule has 4 unspecified atom stereocenters. The maximum Gasteiger partial charge on any atom is 0.305 e. The minimum atomic E-state index is -0.307. The second-order valence-electron chi connectivity index (χ2n) is 9.44. The van der Waals surface area contributed by atoms with Crippen molar-refractivity contribution in [1.29, 1.82) is 0 Å². The molecule has 9 heteroatoms. The molecule has 1 saturated heterocycles. The summed E-state index contributed by atoms with van der Waals surface area (Å²) < 4.78 is 10.9. The van der Waals surface area contributed by atoms with Crippen molar-refractivity contribution in [2.24, 2.45) is 10.9 Å². The molecule has 3 rings (SSSR count). The van der Waals surface area contributed by atoms with Crippen molar-refractivity contribution in [3.63, 3.8) is 0 Å². The molecular weight excluding hydrogens is 477 g/mol. The molecule has 0 radical (unpaired) electrons. The van der Waals surface area contributed by atoms with E-state index in [0.717, 1.165) is 37.8 Å². The first-order valence-corrected chi connectivity index (χ1v) is 13.2. The molecule has 7 nitrogen and oxygen atoms in total. The molecule has 0 saturated carbocycles. The second-order valence-corrected chi connectivity index (χ2v) is 10.6. The minimum absolute atomic E-state index is 0.0363. The number of nitrogens with one attached hydrogen (secondary N) is 1. The van der Waals surface area contributed by atoms with Gasteiger partial charge >= 0.3 is 5.97 Å². The Labute approximate surface area is 212 Å². The number of halogens is 2. The van der Waals surface area contributed by atoms with E-state index in [2.05, 4.69) is 16.3 Å². The predicted molar refractivity (Wildman–Crippen MR) is 135 cm³/mol. The highest BCUT2D eigenvalue weighted by atomic mass is 35.5. The zero-order valence-corrected chi connectivity index (χ0v) is 21.9. The Morgan fingerprint density at radius 3 is 2.74 bits per heavy atom. The maximum absolute atomic E-state index is 12.9. The van der Waals surface area contributed by atoms with Crippen LogP contribution < -0.4 is 5.32 Å². The number of hydrogen-bond donors (Lipinski definition) is 1. The van der Waals surface area contributed by atoms with Crippen LogP contribution in [0.5, 0.6) is 0 Å². The van der Waals surface area contributed by atoms with Gasteiger partial charge in [0.1, 0.15) is 0 Å². The fraction of sp³-hybridized carbons (Fsp3) is 0.720. The largest absolute Gasteiger partial charge is 0.466 e. The Balaban J connectivity index is 1.74. The lowest BCUT2D eigenvalue weighted by Crippen LogP contribution is -2.56. The third-order valence-electron chi connectivity index (χ3n) is 6.27. The Hall–Kier alpha value is -1.57. The minimum Gasteiger partial charge on any atom is -0.466 e. The number of hydrogen-bond acceptors (Lipinski definition) is 5. The van der Waals surface area contributed by atoms with E-state index in [1.54, 1.807) is 6.92 Å². The van der Waals surface area contributed by atoms with E-state index in [0.29, 0.717) is 32.1 Å². The molecule has 190 valence electrons. The van der Waals surface area contributed by atoms with Crippen molar-refractivity contribution < 1.29 is 19.1 Å². The number of esters is 1. The number of carbonyl (C=O) groups excluding carboxylic acids is 2. The first-order valence-electron chi connectivity index (χ1n) is 12.4. The standard InChI is InChI=1S/C25H37Cl2N3O4/c1-4-33-23(31)12-7-18-15-30(14-17-5-8-19(26)9-6-17)25(29-24(18)32)28-20-10-11-22(21(27)13-20)34-16(2)3/h5,13,16,18-19,21-22H,4,6-12,14-15H2,1-3H3,(H,28,29,32). The fourth-order valence-corrected chi connectivity index (χ4v) is 5.03. The monoisotopic (exact) mass is 513 g/mol. The smallest absolute Gasteiger partial charge is 0.305 e. The van der Waals surface area contributed by atoms with E-state index in [9.17, 15) is 9.59 Å². The summed E-state index contributed by atoms with van der Waals surface area (Å²) in [6.07, 6.45) is 9.12. The van der Waals surface area contributed by atoms with Gasteiger partial charge in [-0.2, -0.15) is 0 Å². The summed E-state index contributed by atoms with van der Waals surface area (Å²) in [6, 6.07) is 0. The van der Waals surface area contributed by atoms with Gasteiger partial charge in [-0.15, -0.1) is 23.2 Å². The van der Waals surface area contributed by atoms with Crippen molar-refractivity contribution >= 4 is 41.0 Å². The van der Waals surface area contributed by atoms with E-state index >= 15 is 0 Å². The molecule has 34 heavy (non-hydrogen) atoms. The molecule has 0 aromatic rings. The molecule has 0 bridgehead atoms. The number of aliphatic imine (C=N–C) groups is 1. The highest BCUT2D eigenvalue weighted by Gasteiger charge is 2.33. The lowest BCUT2D eigenvalue weighted by Gasteiger charge is -2.36. The summed E-state index contributed by atoms with van der Waals surface area (Å²) in [4.78, 5) is 31.6. The maximum atomic E-state index is 12.9. The van der Waals surface area contributed by atoms with Crippen LogP contribution in [0, 0.1) is 5.92 Å². The van der Waals surface area contributed by atoms with Crippen LogP contribution in [0.2, 0.25) is 0 Å². The summed E-state index contributed by atoms with van der Waals surface area (Å²) in [5.74, 6) is -0.149. The van der Waals surface area contributed by atoms with Gasteiger partial charge in [0.05, 0.1) is 30.1 Å². The highest BCUT2D eigenvalue weighted by Crippen LogP contribution is 2.28. The molecule has 1 N–H and O–H groups in total. The lowest BCUT2D eigenvalue weighted by atomic mass is 9.96. The van der Waals surface area contributed by atoms with Crippen molar-refractivity contribution in [1.82, 2.24) is 10.2 Å². The zero-order chi connectivity index (χ0) is 24.7. The molecule has 0 spiro atoms. The number of alkyl halides is 2. The lowest BCUT2D eigenvalue weighted by molar-refractivity contribution is -0.143. The number of ether oxygens (including phenoxy) is 2. The van der Waals surface area contributed by atoms with Crippen molar-refractivity contribution in [2.75, 3.05) is 19.7 Å². The molecule has 1 heterocycles. The average Bonchev–Trinajstić information content (AvgIpc) is 2.78. The summed E-state index contributed by atoms with van der Waals surface area (Å²) in [7, 11) is 0. The van der Waals surface area contributed by atoms with Crippen LogP contribution in [0.3, 0.4) is 0 Å². The summed E-state index contributed by atoms with van der Waals surface area (Å²) in [5.41, 5.74) is 2.15. The van der Waals surface area contributed by atoms with Gasteiger partial charge in [-0.1, -0.05) is 11.6 Å². The normalized spacial score (nSPS) is 29.1. The van der Waals surface area contributed by atoms with E-state index < -0.39 is 0 Å². The van der Waals surface area contributed by atoms with E-state index in [1.165, 1.54) is 5.57 Å². The van der Waals surface area contributed by atoms with Gasteiger partial charge in [0.2, 0.25) is 11.9 Å². The van der Waals surface area contributed by atoms with Crippen LogP contribution in [0.1, 0.15) is 65.7 Å². The van der Waals surface area contributed by atoms with Crippen LogP contribution >= 0.6 is 23.2 Å². The van der Waals surface area contributed by atoms with Gasteiger partial charge in [0.25, 0.3) is 0 Å². The third-order valence-corrected chi connectivity index (χ3v) is 7.07. The topological polar surface area (TPSA) is 80.2 Å².